The molecule has 1 N–H and O–H groups in total. The van der Waals surface area contributed by atoms with E-state index in [0.29, 0.717) is 24.8 Å². The van der Waals surface area contributed by atoms with Crippen molar-refractivity contribution in [2.45, 2.75) is 90.1 Å². The van der Waals surface area contributed by atoms with Gasteiger partial charge in [0.15, 0.2) is 0 Å². The number of anilines is 1. The zero-order valence-electron chi connectivity index (χ0n) is 23.7. The van der Waals surface area contributed by atoms with Crippen LogP contribution >= 0.6 is 11.6 Å². The average Bonchev–Trinajstić information content (AvgIpc) is 3.60. The number of halogens is 7. The molecule has 0 radical (unpaired) electrons. The number of benzene rings is 2. The number of hydrogen-bond donors (Lipinski definition) is 1. The standard InChI is InChI=1S/C30H34ClF6NO3/c1-17(29(32,33)34)23(19-8-10-20(11-9-19)27(5,6)30(35,36)37)24(39)38-22-15-18(7-12-21(22)31)16-28(13-14-28)25(40)41-26(2,3)4/h7-12,15,17,23H,13-14,16H2,1-6H3,(H,38,39)/t17-,23+/m1/s1. The van der Waals surface area contributed by atoms with Crippen LogP contribution in [0.4, 0.5) is 32.0 Å². The molecule has 0 bridgehead atoms. The van der Waals surface area contributed by atoms with Crippen molar-refractivity contribution in [3.8, 4) is 0 Å². The molecule has 0 aromatic heterocycles. The minimum Gasteiger partial charge on any atom is -0.460 e. The van der Waals surface area contributed by atoms with E-state index in [0.717, 1.165) is 45.0 Å². The normalized spacial score (nSPS) is 17.0. The van der Waals surface area contributed by atoms with E-state index in [1.807, 2.05) is 0 Å². The quantitative estimate of drug-likeness (QED) is 0.242. The van der Waals surface area contributed by atoms with Crippen molar-refractivity contribution in [3.63, 3.8) is 0 Å². The predicted molar refractivity (Wildman–Crippen MR) is 145 cm³/mol. The lowest BCUT2D eigenvalue weighted by atomic mass is 9.81. The fraction of sp³-hybridized carbons (Fsp3) is 0.533. The minimum absolute atomic E-state index is 0.0587. The fourth-order valence-electron chi connectivity index (χ4n) is 4.50. The van der Waals surface area contributed by atoms with E-state index in [1.165, 1.54) is 12.1 Å². The first-order valence-electron chi connectivity index (χ1n) is 13.1. The first-order chi connectivity index (χ1) is 18.6. The summed E-state index contributed by atoms with van der Waals surface area (Å²) < 4.78 is 87.5. The molecule has 41 heavy (non-hydrogen) atoms. The molecule has 226 valence electrons. The molecule has 3 rings (SSSR count). The first kappa shape index (κ1) is 32.8. The van der Waals surface area contributed by atoms with Gasteiger partial charge in [0, 0.05) is 0 Å². The van der Waals surface area contributed by atoms with Crippen molar-refractivity contribution in [3.05, 3.63) is 64.2 Å². The second-order valence-electron chi connectivity index (χ2n) is 12.3. The van der Waals surface area contributed by atoms with Gasteiger partial charge in [-0.1, -0.05) is 48.9 Å². The zero-order chi connectivity index (χ0) is 31.2. The Bertz CT molecular complexity index is 1280. The number of ether oxygens (including phenoxy) is 1. The molecule has 2 aromatic rings. The number of esters is 1. The summed E-state index contributed by atoms with van der Waals surface area (Å²) in [5, 5.41) is 2.55. The molecular weight excluding hydrogens is 572 g/mol. The van der Waals surface area contributed by atoms with Crippen LogP contribution in [-0.2, 0) is 26.2 Å². The number of carbonyl (C=O) groups is 2. The van der Waals surface area contributed by atoms with Gasteiger partial charge in [0.05, 0.1) is 33.4 Å². The van der Waals surface area contributed by atoms with Crippen LogP contribution in [0.1, 0.15) is 77.0 Å². The highest BCUT2D eigenvalue weighted by Gasteiger charge is 2.52. The maximum atomic E-state index is 13.8. The van der Waals surface area contributed by atoms with Crippen LogP contribution in [0.15, 0.2) is 42.5 Å². The summed E-state index contributed by atoms with van der Waals surface area (Å²) in [5.41, 5.74) is -3.19. The summed E-state index contributed by atoms with van der Waals surface area (Å²) in [6.07, 6.45) is -7.85. The number of alkyl halides is 6. The van der Waals surface area contributed by atoms with E-state index in [-0.39, 0.29) is 27.8 Å². The second-order valence-corrected chi connectivity index (χ2v) is 12.7. The smallest absolute Gasteiger partial charge is 0.397 e. The summed E-state index contributed by atoms with van der Waals surface area (Å²) in [6, 6.07) is 9.06. The Kier molecular flexibility index (Phi) is 8.91. The van der Waals surface area contributed by atoms with Gasteiger partial charge in [-0.25, -0.2) is 0 Å². The van der Waals surface area contributed by atoms with Gasteiger partial charge in [0.25, 0.3) is 0 Å². The van der Waals surface area contributed by atoms with Gasteiger partial charge in [-0.3, -0.25) is 9.59 Å². The lowest BCUT2D eigenvalue weighted by molar-refractivity contribution is -0.180. The molecule has 0 unspecified atom stereocenters. The second kappa shape index (κ2) is 11.2. The van der Waals surface area contributed by atoms with Gasteiger partial charge in [0.2, 0.25) is 5.91 Å². The van der Waals surface area contributed by atoms with E-state index >= 15 is 0 Å². The van der Waals surface area contributed by atoms with Crippen LogP contribution < -0.4 is 5.32 Å². The Morgan fingerprint density at radius 2 is 1.51 bits per heavy atom. The Labute approximate surface area is 240 Å². The topological polar surface area (TPSA) is 55.4 Å². The molecule has 1 amide bonds. The third kappa shape index (κ3) is 7.56. The van der Waals surface area contributed by atoms with Crippen LogP contribution in [0, 0.1) is 11.3 Å². The molecule has 0 spiro atoms. The Morgan fingerprint density at radius 3 is 1.98 bits per heavy atom. The van der Waals surface area contributed by atoms with E-state index in [2.05, 4.69) is 5.32 Å². The fourth-order valence-corrected chi connectivity index (χ4v) is 4.66. The third-order valence-electron chi connectivity index (χ3n) is 7.52. The van der Waals surface area contributed by atoms with Crippen molar-refractivity contribution in [2.24, 2.45) is 11.3 Å². The highest BCUT2D eigenvalue weighted by molar-refractivity contribution is 6.33. The number of amides is 1. The molecular formula is C30H34ClF6NO3. The van der Waals surface area contributed by atoms with Gasteiger partial charge in [-0.15, -0.1) is 0 Å². The van der Waals surface area contributed by atoms with Crippen molar-refractivity contribution < 1.29 is 40.7 Å². The van der Waals surface area contributed by atoms with Crippen LogP contribution in [-0.4, -0.2) is 29.8 Å². The summed E-state index contributed by atoms with van der Waals surface area (Å²) in [7, 11) is 0. The number of hydrogen-bond acceptors (Lipinski definition) is 3. The molecule has 0 heterocycles. The van der Waals surface area contributed by atoms with E-state index in [4.69, 9.17) is 16.3 Å². The first-order valence-corrected chi connectivity index (χ1v) is 13.5. The molecule has 2 atom stereocenters. The molecule has 1 aliphatic carbocycles. The van der Waals surface area contributed by atoms with Crippen molar-refractivity contribution >= 4 is 29.2 Å². The van der Waals surface area contributed by atoms with Crippen LogP contribution in [0.2, 0.25) is 5.02 Å². The van der Waals surface area contributed by atoms with Crippen LogP contribution in [0.3, 0.4) is 0 Å². The average molecular weight is 606 g/mol. The number of carbonyl (C=O) groups excluding carboxylic acids is 2. The minimum atomic E-state index is -4.77. The maximum Gasteiger partial charge on any atom is 0.397 e. The molecule has 2 aromatic carbocycles. The van der Waals surface area contributed by atoms with Gasteiger partial charge >= 0.3 is 18.3 Å². The summed E-state index contributed by atoms with van der Waals surface area (Å²) in [6.45, 7) is 8.07. The van der Waals surface area contributed by atoms with Gasteiger partial charge in [-0.05, 0) is 82.7 Å². The van der Waals surface area contributed by atoms with Crippen LogP contribution in [0.5, 0.6) is 0 Å². The Hall–Kier alpha value is -2.75. The molecule has 0 saturated heterocycles. The van der Waals surface area contributed by atoms with E-state index in [1.54, 1.807) is 26.8 Å². The predicted octanol–water partition coefficient (Wildman–Crippen LogP) is 8.77. The zero-order valence-corrected chi connectivity index (χ0v) is 24.4. The lowest BCUT2D eigenvalue weighted by Crippen LogP contribution is -2.36. The monoisotopic (exact) mass is 605 g/mol. The van der Waals surface area contributed by atoms with E-state index < -0.39 is 46.5 Å². The maximum absolute atomic E-state index is 13.8. The Balaban J connectivity index is 1.89. The summed E-state index contributed by atoms with van der Waals surface area (Å²) in [5.74, 6) is -5.30. The number of rotatable bonds is 8. The number of nitrogens with one attached hydrogen (secondary N) is 1. The molecule has 4 nitrogen and oxygen atoms in total. The largest absolute Gasteiger partial charge is 0.460 e. The lowest BCUT2D eigenvalue weighted by Gasteiger charge is -2.29. The van der Waals surface area contributed by atoms with Crippen molar-refractivity contribution in [2.75, 3.05) is 5.32 Å². The highest BCUT2D eigenvalue weighted by Crippen LogP contribution is 2.50. The highest BCUT2D eigenvalue weighted by atomic mass is 35.5. The molecule has 0 aliphatic heterocycles. The SMILES string of the molecule is C[C@H]([C@H](C(=O)Nc1cc(CC2(C(=O)OC(C)(C)C)CC2)ccc1Cl)c1ccc(C(C)(C)C(F)(F)F)cc1)C(F)(F)F. The summed E-state index contributed by atoms with van der Waals surface area (Å²) >= 11 is 6.28. The van der Waals surface area contributed by atoms with Crippen molar-refractivity contribution in [1.29, 1.82) is 0 Å². The van der Waals surface area contributed by atoms with E-state index in [9.17, 15) is 35.9 Å². The van der Waals surface area contributed by atoms with Crippen LogP contribution in [0.25, 0.3) is 0 Å². The molecule has 11 heteroatoms. The third-order valence-corrected chi connectivity index (χ3v) is 7.85. The summed E-state index contributed by atoms with van der Waals surface area (Å²) in [4.78, 5) is 26.1. The molecule has 1 fully saturated rings. The van der Waals surface area contributed by atoms with Gasteiger partial charge < -0.3 is 10.1 Å². The molecule has 1 aliphatic rings. The van der Waals surface area contributed by atoms with Crippen molar-refractivity contribution in [1.82, 2.24) is 0 Å². The van der Waals surface area contributed by atoms with Gasteiger partial charge in [0.1, 0.15) is 5.60 Å². The van der Waals surface area contributed by atoms with Gasteiger partial charge in [-0.2, -0.15) is 26.3 Å². The molecule has 1 saturated carbocycles. The Morgan fingerprint density at radius 1 is 0.951 bits per heavy atom.